The SMILES string of the molecule is Cc1cc(OC(C)C#N)ccc1C(=O)O. The highest BCUT2D eigenvalue weighted by Gasteiger charge is 2.08. The largest absolute Gasteiger partial charge is 0.478 e. The summed E-state index contributed by atoms with van der Waals surface area (Å²) in [4.78, 5) is 10.7. The Hall–Kier alpha value is -2.02. The molecule has 0 bridgehead atoms. The molecule has 1 unspecified atom stereocenters. The zero-order chi connectivity index (χ0) is 11.4. The van der Waals surface area contributed by atoms with Crippen LogP contribution in [0.15, 0.2) is 18.2 Å². The van der Waals surface area contributed by atoms with Gasteiger partial charge >= 0.3 is 5.97 Å². The van der Waals surface area contributed by atoms with Gasteiger partial charge in [-0.2, -0.15) is 5.26 Å². The average molecular weight is 205 g/mol. The molecule has 0 aromatic heterocycles. The molecule has 0 radical (unpaired) electrons. The molecular weight excluding hydrogens is 194 g/mol. The summed E-state index contributed by atoms with van der Waals surface area (Å²) in [6, 6.07) is 6.56. The van der Waals surface area contributed by atoms with Gasteiger partial charge in [0.15, 0.2) is 6.10 Å². The Balaban J connectivity index is 2.93. The summed E-state index contributed by atoms with van der Waals surface area (Å²) in [6.45, 7) is 3.31. The van der Waals surface area contributed by atoms with Crippen LogP contribution in [0.2, 0.25) is 0 Å². The van der Waals surface area contributed by atoms with Crippen molar-refractivity contribution >= 4 is 5.97 Å². The number of benzene rings is 1. The summed E-state index contributed by atoms with van der Waals surface area (Å²) >= 11 is 0. The number of carboxylic acids is 1. The normalized spacial score (nSPS) is 11.5. The van der Waals surface area contributed by atoms with Gasteiger partial charge < -0.3 is 9.84 Å². The third kappa shape index (κ3) is 2.71. The second-order valence-electron chi connectivity index (χ2n) is 3.17. The maximum absolute atomic E-state index is 10.7. The van der Waals surface area contributed by atoms with E-state index in [0.29, 0.717) is 11.3 Å². The van der Waals surface area contributed by atoms with E-state index in [1.165, 1.54) is 6.07 Å². The first kappa shape index (κ1) is 11.1. The number of hydrogen-bond acceptors (Lipinski definition) is 3. The molecule has 0 saturated carbocycles. The minimum atomic E-state index is -0.965. The van der Waals surface area contributed by atoms with Crippen molar-refractivity contribution in [1.82, 2.24) is 0 Å². The fourth-order valence-corrected chi connectivity index (χ4v) is 1.18. The lowest BCUT2D eigenvalue weighted by Crippen LogP contribution is -2.09. The smallest absolute Gasteiger partial charge is 0.335 e. The molecule has 1 atom stereocenters. The van der Waals surface area contributed by atoms with E-state index >= 15 is 0 Å². The summed E-state index contributed by atoms with van der Waals surface area (Å²) in [6.07, 6.45) is -0.542. The standard InChI is InChI=1S/C11H11NO3/c1-7-5-9(15-8(2)6-12)3-4-10(7)11(13)14/h3-5,8H,1-2H3,(H,13,14). The molecule has 78 valence electrons. The van der Waals surface area contributed by atoms with E-state index in [4.69, 9.17) is 15.1 Å². The highest BCUT2D eigenvalue weighted by molar-refractivity contribution is 5.89. The van der Waals surface area contributed by atoms with Crippen LogP contribution in [0.4, 0.5) is 0 Å². The highest BCUT2D eigenvalue weighted by atomic mass is 16.5. The van der Waals surface area contributed by atoms with Gasteiger partial charge in [0.05, 0.1) is 5.56 Å². The third-order valence-electron chi connectivity index (χ3n) is 1.92. The topological polar surface area (TPSA) is 70.3 Å². The predicted molar refractivity (Wildman–Crippen MR) is 53.8 cm³/mol. The van der Waals surface area contributed by atoms with E-state index in [9.17, 15) is 4.79 Å². The van der Waals surface area contributed by atoms with Crippen molar-refractivity contribution < 1.29 is 14.6 Å². The lowest BCUT2D eigenvalue weighted by Gasteiger charge is -2.09. The number of aromatic carboxylic acids is 1. The van der Waals surface area contributed by atoms with E-state index in [0.717, 1.165) is 0 Å². The Labute approximate surface area is 87.7 Å². The van der Waals surface area contributed by atoms with Gasteiger partial charge in [0.2, 0.25) is 0 Å². The van der Waals surface area contributed by atoms with Gasteiger partial charge in [-0.15, -0.1) is 0 Å². The zero-order valence-electron chi connectivity index (χ0n) is 8.52. The van der Waals surface area contributed by atoms with E-state index < -0.39 is 12.1 Å². The molecule has 0 aliphatic carbocycles. The van der Waals surface area contributed by atoms with Gasteiger partial charge in [-0.25, -0.2) is 4.79 Å². The van der Waals surface area contributed by atoms with Crippen LogP contribution in [-0.4, -0.2) is 17.2 Å². The molecule has 1 rings (SSSR count). The molecule has 4 heteroatoms. The molecule has 0 saturated heterocycles. The van der Waals surface area contributed by atoms with Gasteiger partial charge in [-0.3, -0.25) is 0 Å². The second-order valence-corrected chi connectivity index (χ2v) is 3.17. The Bertz CT molecular complexity index is 420. The van der Waals surface area contributed by atoms with E-state index in [1.807, 2.05) is 6.07 Å². The molecule has 15 heavy (non-hydrogen) atoms. The second kappa shape index (κ2) is 4.47. The first-order valence-corrected chi connectivity index (χ1v) is 4.45. The number of aryl methyl sites for hydroxylation is 1. The fourth-order valence-electron chi connectivity index (χ4n) is 1.18. The van der Waals surface area contributed by atoms with Crippen molar-refractivity contribution in [1.29, 1.82) is 5.26 Å². The number of carbonyl (C=O) groups is 1. The predicted octanol–water partition coefficient (Wildman–Crippen LogP) is 1.98. The van der Waals surface area contributed by atoms with Gasteiger partial charge in [0.1, 0.15) is 11.8 Å². The minimum Gasteiger partial charge on any atom is -0.478 e. The molecule has 4 nitrogen and oxygen atoms in total. The molecule has 0 heterocycles. The lowest BCUT2D eigenvalue weighted by atomic mass is 10.1. The summed E-state index contributed by atoms with van der Waals surface area (Å²) in [7, 11) is 0. The number of hydrogen-bond donors (Lipinski definition) is 1. The number of ether oxygens (including phenoxy) is 1. The average Bonchev–Trinajstić information content (AvgIpc) is 2.17. The molecule has 0 fully saturated rings. The van der Waals surface area contributed by atoms with Crippen LogP contribution in [0.3, 0.4) is 0 Å². The quantitative estimate of drug-likeness (QED) is 0.819. The van der Waals surface area contributed by atoms with Crippen LogP contribution in [0.25, 0.3) is 0 Å². The van der Waals surface area contributed by atoms with Gasteiger partial charge in [-0.05, 0) is 37.6 Å². The van der Waals surface area contributed by atoms with Crippen LogP contribution in [-0.2, 0) is 0 Å². The molecule has 0 aliphatic rings. The molecule has 1 aromatic rings. The van der Waals surface area contributed by atoms with E-state index in [1.54, 1.807) is 26.0 Å². The van der Waals surface area contributed by atoms with Gasteiger partial charge in [0.25, 0.3) is 0 Å². The van der Waals surface area contributed by atoms with Crippen LogP contribution in [0.5, 0.6) is 5.75 Å². The van der Waals surface area contributed by atoms with Gasteiger partial charge in [0, 0.05) is 0 Å². The molecule has 0 aliphatic heterocycles. The third-order valence-corrected chi connectivity index (χ3v) is 1.92. The van der Waals surface area contributed by atoms with Crippen molar-refractivity contribution in [3.63, 3.8) is 0 Å². The number of nitrogens with zero attached hydrogens (tertiary/aromatic N) is 1. The van der Waals surface area contributed by atoms with Crippen LogP contribution in [0, 0.1) is 18.3 Å². The van der Waals surface area contributed by atoms with Crippen LogP contribution < -0.4 is 4.74 Å². The number of carboxylic acid groups (broad SMARTS) is 1. The molecule has 0 spiro atoms. The molecule has 0 amide bonds. The Morgan fingerprint density at radius 1 is 1.60 bits per heavy atom. The maximum atomic E-state index is 10.7. The molecule has 1 N–H and O–H groups in total. The minimum absolute atomic E-state index is 0.243. The van der Waals surface area contributed by atoms with Crippen LogP contribution >= 0.6 is 0 Å². The Morgan fingerprint density at radius 3 is 2.73 bits per heavy atom. The molecule has 1 aromatic carbocycles. The first-order valence-electron chi connectivity index (χ1n) is 4.45. The monoisotopic (exact) mass is 205 g/mol. The summed E-state index contributed by atoms with van der Waals surface area (Å²) in [5, 5.41) is 17.3. The van der Waals surface area contributed by atoms with Crippen molar-refractivity contribution in [3.05, 3.63) is 29.3 Å². The Morgan fingerprint density at radius 2 is 2.27 bits per heavy atom. The van der Waals surface area contributed by atoms with Crippen LogP contribution in [0.1, 0.15) is 22.8 Å². The fraction of sp³-hybridized carbons (Fsp3) is 0.273. The van der Waals surface area contributed by atoms with E-state index in [-0.39, 0.29) is 5.56 Å². The summed E-state index contributed by atoms with van der Waals surface area (Å²) < 4.78 is 5.23. The van der Waals surface area contributed by atoms with Crippen molar-refractivity contribution in [2.24, 2.45) is 0 Å². The number of rotatable bonds is 3. The zero-order valence-corrected chi connectivity index (χ0v) is 8.52. The summed E-state index contributed by atoms with van der Waals surface area (Å²) in [5.74, 6) is -0.459. The summed E-state index contributed by atoms with van der Waals surface area (Å²) in [5.41, 5.74) is 0.858. The lowest BCUT2D eigenvalue weighted by molar-refractivity contribution is 0.0696. The van der Waals surface area contributed by atoms with Crippen molar-refractivity contribution in [2.45, 2.75) is 20.0 Å². The van der Waals surface area contributed by atoms with E-state index in [2.05, 4.69) is 0 Å². The Kier molecular flexibility index (Phi) is 3.29. The first-order chi connectivity index (χ1) is 7.04. The highest BCUT2D eigenvalue weighted by Crippen LogP contribution is 2.18. The van der Waals surface area contributed by atoms with Gasteiger partial charge in [-0.1, -0.05) is 0 Å². The maximum Gasteiger partial charge on any atom is 0.335 e. The number of nitriles is 1. The molecular formula is C11H11NO3. The van der Waals surface area contributed by atoms with Crippen molar-refractivity contribution in [3.8, 4) is 11.8 Å². The van der Waals surface area contributed by atoms with Crippen molar-refractivity contribution in [2.75, 3.05) is 0 Å².